The van der Waals surface area contributed by atoms with Gasteiger partial charge in [-0.15, -0.1) is 5.10 Å². The Morgan fingerprint density at radius 3 is 2.90 bits per heavy atom. The van der Waals surface area contributed by atoms with Gasteiger partial charge in [-0.05, 0) is 6.42 Å². The molecule has 0 N–H and O–H groups in total. The van der Waals surface area contributed by atoms with Crippen molar-refractivity contribution in [2.24, 2.45) is 0 Å². The molecule has 1 aromatic rings. The van der Waals surface area contributed by atoms with Crippen LogP contribution in [-0.4, -0.2) is 15.0 Å². The molecule has 1 rings (SSSR count). The van der Waals surface area contributed by atoms with E-state index in [2.05, 4.69) is 17.2 Å². The molecule has 3 heteroatoms. The van der Waals surface area contributed by atoms with E-state index in [4.69, 9.17) is 0 Å². The van der Waals surface area contributed by atoms with Gasteiger partial charge in [0.15, 0.2) is 0 Å². The van der Waals surface area contributed by atoms with Gasteiger partial charge in [-0.25, -0.2) is 0 Å². The largest absolute Gasteiger partial charge is 0.253 e. The summed E-state index contributed by atoms with van der Waals surface area (Å²) in [7, 11) is 0. The van der Waals surface area contributed by atoms with Crippen molar-refractivity contribution in [2.45, 2.75) is 32.7 Å². The molecule has 1 aromatic heterocycles. The maximum Gasteiger partial charge on any atom is 0.0692 e. The number of hydrogen-bond donors (Lipinski definition) is 0. The molecule has 0 aliphatic heterocycles. The summed E-state index contributed by atoms with van der Waals surface area (Å²) in [6.45, 7) is 3.20. The van der Waals surface area contributed by atoms with Gasteiger partial charge < -0.3 is 0 Å². The zero-order valence-corrected chi connectivity index (χ0v) is 6.32. The van der Waals surface area contributed by atoms with Crippen LogP contribution >= 0.6 is 0 Å². The zero-order valence-electron chi connectivity index (χ0n) is 6.32. The molecule has 0 amide bonds. The van der Waals surface area contributed by atoms with Crippen molar-refractivity contribution in [1.29, 1.82) is 0 Å². The molecule has 0 saturated heterocycles. The normalized spacial score (nSPS) is 10.1. The molecule has 10 heavy (non-hydrogen) atoms. The van der Waals surface area contributed by atoms with E-state index in [1.807, 2.05) is 10.9 Å². The van der Waals surface area contributed by atoms with Crippen molar-refractivity contribution in [3.05, 3.63) is 12.4 Å². The Hall–Kier alpha value is -0.860. The average Bonchev–Trinajstić information content (AvgIpc) is 2.41. The molecule has 0 bridgehead atoms. The molecule has 0 spiro atoms. The molecular formula is C7H13N3. The SMILES string of the molecule is CCCCCn1ccnn1. The second-order valence-electron chi connectivity index (χ2n) is 2.37. The second kappa shape index (κ2) is 4.04. The molecule has 3 nitrogen and oxygen atoms in total. The Morgan fingerprint density at radius 1 is 1.40 bits per heavy atom. The first kappa shape index (κ1) is 7.25. The third-order valence-corrected chi connectivity index (χ3v) is 1.46. The van der Waals surface area contributed by atoms with E-state index in [1.165, 1.54) is 19.3 Å². The Morgan fingerprint density at radius 2 is 2.30 bits per heavy atom. The van der Waals surface area contributed by atoms with E-state index < -0.39 is 0 Å². The monoisotopic (exact) mass is 139 g/mol. The minimum atomic E-state index is 1.01. The zero-order chi connectivity index (χ0) is 7.23. The van der Waals surface area contributed by atoms with E-state index in [9.17, 15) is 0 Å². The number of aromatic nitrogens is 3. The van der Waals surface area contributed by atoms with Gasteiger partial charge in [-0.1, -0.05) is 25.0 Å². The Bertz CT molecular complexity index is 157. The lowest BCUT2D eigenvalue weighted by Gasteiger charge is -1.96. The van der Waals surface area contributed by atoms with Crippen molar-refractivity contribution < 1.29 is 0 Å². The molecule has 0 aromatic carbocycles. The highest BCUT2D eigenvalue weighted by atomic mass is 15.4. The van der Waals surface area contributed by atoms with Gasteiger partial charge in [-0.3, -0.25) is 4.68 Å². The fourth-order valence-electron chi connectivity index (χ4n) is 0.876. The summed E-state index contributed by atoms with van der Waals surface area (Å²) in [6, 6.07) is 0. The fraction of sp³-hybridized carbons (Fsp3) is 0.714. The lowest BCUT2D eigenvalue weighted by molar-refractivity contribution is 0.537. The summed E-state index contributed by atoms with van der Waals surface area (Å²) in [5, 5.41) is 7.57. The molecule has 0 atom stereocenters. The van der Waals surface area contributed by atoms with Crippen molar-refractivity contribution in [1.82, 2.24) is 15.0 Å². The second-order valence-corrected chi connectivity index (χ2v) is 2.37. The minimum Gasteiger partial charge on any atom is -0.253 e. The van der Waals surface area contributed by atoms with Crippen LogP contribution in [0.3, 0.4) is 0 Å². The van der Waals surface area contributed by atoms with E-state index in [-0.39, 0.29) is 0 Å². The summed E-state index contributed by atoms with van der Waals surface area (Å²) in [6.07, 6.45) is 7.36. The fourth-order valence-corrected chi connectivity index (χ4v) is 0.876. The summed E-state index contributed by atoms with van der Waals surface area (Å²) in [4.78, 5) is 0. The third-order valence-electron chi connectivity index (χ3n) is 1.46. The van der Waals surface area contributed by atoms with Crippen LogP contribution < -0.4 is 0 Å². The average molecular weight is 139 g/mol. The minimum absolute atomic E-state index is 1.01. The smallest absolute Gasteiger partial charge is 0.0692 e. The molecule has 0 saturated carbocycles. The predicted octanol–water partition coefficient (Wildman–Crippen LogP) is 1.47. The van der Waals surface area contributed by atoms with Gasteiger partial charge in [0.1, 0.15) is 0 Å². The predicted molar refractivity (Wildman–Crippen MR) is 39.5 cm³/mol. The molecule has 1 heterocycles. The van der Waals surface area contributed by atoms with Crippen molar-refractivity contribution in [3.8, 4) is 0 Å². The van der Waals surface area contributed by atoms with E-state index in [1.54, 1.807) is 6.20 Å². The van der Waals surface area contributed by atoms with Crippen LogP contribution in [0.2, 0.25) is 0 Å². The molecule has 0 aliphatic carbocycles. The lowest BCUT2D eigenvalue weighted by Crippen LogP contribution is -1.98. The summed E-state index contributed by atoms with van der Waals surface area (Å²) < 4.78 is 1.87. The van der Waals surface area contributed by atoms with E-state index in [0.717, 1.165) is 6.54 Å². The number of aryl methyl sites for hydroxylation is 1. The van der Waals surface area contributed by atoms with Crippen LogP contribution in [0.15, 0.2) is 12.4 Å². The van der Waals surface area contributed by atoms with Gasteiger partial charge in [0.05, 0.1) is 6.20 Å². The van der Waals surface area contributed by atoms with Gasteiger partial charge >= 0.3 is 0 Å². The quantitative estimate of drug-likeness (QED) is 0.591. The van der Waals surface area contributed by atoms with E-state index in [0.29, 0.717) is 0 Å². The molecule has 0 radical (unpaired) electrons. The molecule has 0 aliphatic rings. The first-order chi connectivity index (χ1) is 4.93. The molecule has 56 valence electrons. The molecule has 0 unspecified atom stereocenters. The van der Waals surface area contributed by atoms with Crippen LogP contribution in [0.4, 0.5) is 0 Å². The van der Waals surface area contributed by atoms with Crippen LogP contribution in [0, 0.1) is 0 Å². The van der Waals surface area contributed by atoms with Crippen LogP contribution in [0.5, 0.6) is 0 Å². The van der Waals surface area contributed by atoms with Crippen LogP contribution in [0.25, 0.3) is 0 Å². The number of nitrogens with zero attached hydrogens (tertiary/aromatic N) is 3. The highest BCUT2D eigenvalue weighted by Crippen LogP contribution is 1.95. The van der Waals surface area contributed by atoms with E-state index >= 15 is 0 Å². The highest BCUT2D eigenvalue weighted by Gasteiger charge is 1.88. The van der Waals surface area contributed by atoms with Crippen LogP contribution in [0.1, 0.15) is 26.2 Å². The summed E-state index contributed by atoms with van der Waals surface area (Å²) >= 11 is 0. The van der Waals surface area contributed by atoms with Gasteiger partial charge in [0.25, 0.3) is 0 Å². The van der Waals surface area contributed by atoms with Crippen LogP contribution in [-0.2, 0) is 6.54 Å². The first-order valence-electron chi connectivity index (χ1n) is 3.77. The standard InChI is InChI=1S/C7H13N3/c1-2-3-4-6-10-7-5-8-9-10/h5,7H,2-4,6H2,1H3. The summed E-state index contributed by atoms with van der Waals surface area (Å²) in [5.74, 6) is 0. The Balaban J connectivity index is 2.15. The van der Waals surface area contributed by atoms with Crippen molar-refractivity contribution in [2.75, 3.05) is 0 Å². The lowest BCUT2D eigenvalue weighted by atomic mass is 10.2. The molecular weight excluding hydrogens is 126 g/mol. The third kappa shape index (κ3) is 2.17. The van der Waals surface area contributed by atoms with Crippen molar-refractivity contribution >= 4 is 0 Å². The van der Waals surface area contributed by atoms with Gasteiger partial charge in [0, 0.05) is 12.7 Å². The maximum absolute atomic E-state index is 3.85. The Kier molecular flexibility index (Phi) is 2.93. The summed E-state index contributed by atoms with van der Waals surface area (Å²) in [5.41, 5.74) is 0. The topological polar surface area (TPSA) is 30.7 Å². The van der Waals surface area contributed by atoms with Crippen molar-refractivity contribution in [3.63, 3.8) is 0 Å². The number of unbranched alkanes of at least 4 members (excludes halogenated alkanes) is 2. The maximum atomic E-state index is 3.85. The first-order valence-corrected chi connectivity index (χ1v) is 3.77. The Labute approximate surface area is 61.1 Å². The number of rotatable bonds is 4. The molecule has 0 fully saturated rings. The van der Waals surface area contributed by atoms with Gasteiger partial charge in [0.2, 0.25) is 0 Å². The van der Waals surface area contributed by atoms with Gasteiger partial charge in [-0.2, -0.15) is 0 Å². The number of hydrogen-bond acceptors (Lipinski definition) is 2. The highest BCUT2D eigenvalue weighted by molar-refractivity contribution is 4.63.